The molecule has 1 aromatic rings. The van der Waals surface area contributed by atoms with Crippen LogP contribution in [0.15, 0.2) is 29.4 Å². The van der Waals surface area contributed by atoms with E-state index in [-0.39, 0.29) is 23.8 Å². The Kier molecular flexibility index (Phi) is 7.03. The molecule has 0 saturated carbocycles. The van der Waals surface area contributed by atoms with Crippen LogP contribution in [0.2, 0.25) is 5.02 Å². The van der Waals surface area contributed by atoms with Gasteiger partial charge in [0.2, 0.25) is 5.91 Å². The number of hydrogen-bond acceptors (Lipinski definition) is 6. The lowest BCUT2D eigenvalue weighted by Gasteiger charge is -2.46. The fraction of sp³-hybridized carbons (Fsp3) is 0.619. The first kappa shape index (κ1) is 21.9. The maximum absolute atomic E-state index is 12.4. The van der Waals surface area contributed by atoms with E-state index >= 15 is 0 Å². The Morgan fingerprint density at radius 1 is 1.34 bits per heavy atom. The number of halogens is 1. The molecule has 1 saturated heterocycles. The number of amides is 1. The molecule has 3 rings (SSSR count). The van der Waals surface area contributed by atoms with Gasteiger partial charge in [0, 0.05) is 24.2 Å². The van der Waals surface area contributed by atoms with Crippen LogP contribution in [0.3, 0.4) is 0 Å². The van der Waals surface area contributed by atoms with Crippen LogP contribution in [0.5, 0.6) is 0 Å². The van der Waals surface area contributed by atoms with E-state index in [9.17, 15) is 4.79 Å². The number of carbonyl (C=O) groups is 1. The molecule has 0 bridgehead atoms. The number of nitrogens with zero attached hydrogens (tertiary/aromatic N) is 2. The Hall–Kier alpha value is -1.83. The summed E-state index contributed by atoms with van der Waals surface area (Å²) in [6.07, 6.45) is 1.33. The molecule has 160 valence electrons. The van der Waals surface area contributed by atoms with E-state index in [0.29, 0.717) is 17.7 Å². The largest absolute Gasteiger partial charge is 0.351 e. The van der Waals surface area contributed by atoms with Crippen molar-refractivity contribution in [3.05, 3.63) is 34.9 Å². The zero-order valence-corrected chi connectivity index (χ0v) is 18.5. The number of piperidine rings is 1. The van der Waals surface area contributed by atoms with Crippen molar-refractivity contribution >= 4 is 23.3 Å². The van der Waals surface area contributed by atoms with Crippen molar-refractivity contribution in [1.29, 1.82) is 0 Å². The maximum atomic E-state index is 12.4. The summed E-state index contributed by atoms with van der Waals surface area (Å²) in [5.74, 6) is 1.44. The fourth-order valence-electron chi connectivity index (χ4n) is 4.36. The zero-order valence-electron chi connectivity index (χ0n) is 17.8. The topological polar surface area (TPSA) is 80.8 Å². The van der Waals surface area contributed by atoms with Gasteiger partial charge in [-0.05, 0) is 47.9 Å². The summed E-state index contributed by atoms with van der Waals surface area (Å²) >= 11 is 6.07. The van der Waals surface area contributed by atoms with Crippen LogP contribution in [-0.2, 0) is 4.79 Å². The molecule has 8 heteroatoms. The molecular weight excluding hydrogens is 388 g/mol. The number of hydrazone groups is 1. The smallest absolute Gasteiger partial charge is 0.227 e. The molecule has 2 atom stereocenters. The van der Waals surface area contributed by atoms with E-state index in [1.807, 2.05) is 12.1 Å². The molecular formula is C21H33ClN6O. The first-order valence-corrected chi connectivity index (χ1v) is 10.7. The lowest BCUT2D eigenvalue weighted by molar-refractivity contribution is -0.121. The molecule has 1 fully saturated rings. The quantitative estimate of drug-likeness (QED) is 0.545. The standard InChI is InChI=1S/C21H33ClN6O/c1-14(2)18(23-20(29)11-19-24-26-27-25-19)12-28-10-9-17(21(3,4)13-28)15-5-7-16(22)8-6-15/h5-8,14,17-18,26-27H,9-13H2,1-4H3,(H,23,29)(H,24,25)/t17-,18+/m1/s1. The van der Waals surface area contributed by atoms with Gasteiger partial charge in [-0.2, -0.15) is 0 Å². The summed E-state index contributed by atoms with van der Waals surface area (Å²) in [5, 5.41) is 7.95. The maximum Gasteiger partial charge on any atom is 0.227 e. The lowest BCUT2D eigenvalue weighted by Crippen LogP contribution is -2.52. The first-order chi connectivity index (χ1) is 13.7. The van der Waals surface area contributed by atoms with Crippen molar-refractivity contribution in [2.24, 2.45) is 16.4 Å². The van der Waals surface area contributed by atoms with Crippen molar-refractivity contribution in [3.8, 4) is 0 Å². The summed E-state index contributed by atoms with van der Waals surface area (Å²) in [6.45, 7) is 11.9. The van der Waals surface area contributed by atoms with Crippen molar-refractivity contribution in [1.82, 2.24) is 26.7 Å². The highest BCUT2D eigenvalue weighted by molar-refractivity contribution is 6.30. The number of hydrazine groups is 2. The average molecular weight is 421 g/mol. The van der Waals surface area contributed by atoms with Gasteiger partial charge in [-0.3, -0.25) is 10.2 Å². The molecule has 0 unspecified atom stereocenters. The van der Waals surface area contributed by atoms with Crippen LogP contribution >= 0.6 is 11.6 Å². The Morgan fingerprint density at radius 3 is 2.66 bits per heavy atom. The van der Waals surface area contributed by atoms with Gasteiger partial charge < -0.3 is 10.2 Å². The normalized spacial score (nSPS) is 22.6. The summed E-state index contributed by atoms with van der Waals surface area (Å²) in [7, 11) is 0. The number of hydrogen-bond donors (Lipinski definition) is 4. The molecule has 7 nitrogen and oxygen atoms in total. The van der Waals surface area contributed by atoms with Gasteiger partial charge in [-0.25, -0.2) is 5.53 Å². The number of benzene rings is 1. The Morgan fingerprint density at radius 2 is 2.07 bits per heavy atom. The van der Waals surface area contributed by atoms with Gasteiger partial charge in [0.1, 0.15) is 5.84 Å². The summed E-state index contributed by atoms with van der Waals surface area (Å²) in [6, 6.07) is 8.39. The van der Waals surface area contributed by atoms with Gasteiger partial charge >= 0.3 is 0 Å². The molecule has 0 aliphatic carbocycles. The van der Waals surface area contributed by atoms with Gasteiger partial charge in [-0.15, -0.1) is 10.6 Å². The summed E-state index contributed by atoms with van der Waals surface area (Å²) in [4.78, 5) is 14.9. The molecule has 1 aromatic carbocycles. The minimum atomic E-state index is -0.0178. The first-order valence-electron chi connectivity index (χ1n) is 10.3. The minimum absolute atomic E-state index is 0.0178. The molecule has 0 spiro atoms. The van der Waals surface area contributed by atoms with Crippen molar-refractivity contribution in [2.75, 3.05) is 19.6 Å². The highest BCUT2D eigenvalue weighted by Gasteiger charge is 2.37. The van der Waals surface area contributed by atoms with Crippen LogP contribution in [0.25, 0.3) is 0 Å². The predicted molar refractivity (Wildman–Crippen MR) is 117 cm³/mol. The molecule has 2 heterocycles. The molecule has 4 N–H and O–H groups in total. The number of nitrogens with one attached hydrogen (secondary N) is 4. The van der Waals surface area contributed by atoms with Crippen LogP contribution in [-0.4, -0.2) is 42.3 Å². The average Bonchev–Trinajstić information content (AvgIpc) is 3.14. The van der Waals surface area contributed by atoms with Gasteiger partial charge in [0.25, 0.3) is 0 Å². The third-order valence-corrected chi connectivity index (χ3v) is 6.22. The van der Waals surface area contributed by atoms with Crippen LogP contribution in [0, 0.1) is 11.3 Å². The SMILES string of the molecule is CC(C)[C@H](CN1CC[C@H](c2ccc(Cl)cc2)C(C)(C)C1)NC(=O)CC1=NNNN1. The van der Waals surface area contributed by atoms with Gasteiger partial charge in [0.05, 0.1) is 6.42 Å². The lowest BCUT2D eigenvalue weighted by atomic mass is 9.70. The molecule has 1 amide bonds. The molecule has 29 heavy (non-hydrogen) atoms. The molecule has 0 aromatic heterocycles. The number of likely N-dealkylation sites (tertiary alicyclic amines) is 1. The van der Waals surface area contributed by atoms with E-state index in [4.69, 9.17) is 11.6 Å². The van der Waals surface area contributed by atoms with Gasteiger partial charge in [-0.1, -0.05) is 51.4 Å². The van der Waals surface area contributed by atoms with Crippen molar-refractivity contribution in [3.63, 3.8) is 0 Å². The fourth-order valence-corrected chi connectivity index (χ4v) is 4.48. The highest BCUT2D eigenvalue weighted by atomic mass is 35.5. The van der Waals surface area contributed by atoms with Crippen LogP contribution in [0.4, 0.5) is 0 Å². The second-order valence-electron chi connectivity index (χ2n) is 9.13. The molecule has 2 aliphatic rings. The molecule has 0 radical (unpaired) electrons. The van der Waals surface area contributed by atoms with E-state index < -0.39 is 0 Å². The second-order valence-corrected chi connectivity index (χ2v) is 9.57. The zero-order chi connectivity index (χ0) is 21.0. The summed E-state index contributed by atoms with van der Waals surface area (Å²) < 4.78 is 0. The highest BCUT2D eigenvalue weighted by Crippen LogP contribution is 2.42. The van der Waals surface area contributed by atoms with Crippen LogP contribution < -0.4 is 21.8 Å². The van der Waals surface area contributed by atoms with E-state index in [2.05, 4.69) is 71.6 Å². The molecule has 2 aliphatic heterocycles. The van der Waals surface area contributed by atoms with Gasteiger partial charge in [0.15, 0.2) is 0 Å². The second kappa shape index (κ2) is 9.32. The van der Waals surface area contributed by atoms with E-state index in [1.165, 1.54) is 5.56 Å². The van der Waals surface area contributed by atoms with Crippen LogP contribution in [0.1, 0.15) is 52.0 Å². The monoisotopic (exact) mass is 420 g/mol. The van der Waals surface area contributed by atoms with Crippen molar-refractivity contribution < 1.29 is 4.79 Å². The number of amidine groups is 1. The number of carbonyl (C=O) groups excluding carboxylic acids is 1. The van der Waals surface area contributed by atoms with E-state index in [0.717, 1.165) is 31.1 Å². The third-order valence-electron chi connectivity index (χ3n) is 5.97. The third kappa shape index (κ3) is 5.84. The summed E-state index contributed by atoms with van der Waals surface area (Å²) in [5.41, 5.74) is 9.56. The van der Waals surface area contributed by atoms with Crippen molar-refractivity contribution in [2.45, 2.75) is 52.5 Å². The Balaban J connectivity index is 1.58. The Labute approximate surface area is 178 Å². The number of rotatable bonds is 7. The van der Waals surface area contributed by atoms with E-state index in [1.54, 1.807) is 0 Å². The predicted octanol–water partition coefficient (Wildman–Crippen LogP) is 2.61. The minimum Gasteiger partial charge on any atom is -0.351 e. The Bertz CT molecular complexity index is 733.